The first-order valence-corrected chi connectivity index (χ1v) is 8.99. The van der Waals surface area contributed by atoms with E-state index in [9.17, 15) is 9.18 Å². The SMILES string of the molecule is CNc1nccc(-c2ccc(C(=O)N(C)CCc3ccc(F)cc3)s2)n1. The number of nitrogens with one attached hydrogen (secondary N) is 1. The number of carbonyl (C=O) groups excluding carboxylic acids is 1. The number of amides is 1. The zero-order valence-corrected chi connectivity index (χ0v) is 15.4. The van der Waals surface area contributed by atoms with Gasteiger partial charge in [-0.1, -0.05) is 12.1 Å². The van der Waals surface area contributed by atoms with Gasteiger partial charge in [-0.15, -0.1) is 11.3 Å². The molecule has 0 saturated heterocycles. The first-order valence-electron chi connectivity index (χ1n) is 8.18. The average molecular weight is 370 g/mol. The molecule has 0 bridgehead atoms. The van der Waals surface area contributed by atoms with Crippen molar-refractivity contribution >= 4 is 23.2 Å². The Kier molecular flexibility index (Phi) is 5.58. The van der Waals surface area contributed by atoms with E-state index in [1.54, 1.807) is 37.3 Å². The monoisotopic (exact) mass is 370 g/mol. The van der Waals surface area contributed by atoms with Gasteiger partial charge < -0.3 is 10.2 Å². The molecule has 26 heavy (non-hydrogen) atoms. The molecule has 0 aliphatic heterocycles. The Hall–Kier alpha value is -2.80. The molecule has 0 atom stereocenters. The molecule has 0 saturated carbocycles. The molecule has 0 unspecified atom stereocenters. The van der Waals surface area contributed by atoms with Crippen LogP contribution in [0.1, 0.15) is 15.2 Å². The summed E-state index contributed by atoms with van der Waals surface area (Å²) in [5.41, 5.74) is 1.78. The predicted molar refractivity (Wildman–Crippen MR) is 102 cm³/mol. The topological polar surface area (TPSA) is 58.1 Å². The fraction of sp³-hybridized carbons (Fsp3) is 0.211. The minimum absolute atomic E-state index is 0.0359. The normalized spacial score (nSPS) is 10.6. The van der Waals surface area contributed by atoms with E-state index in [2.05, 4.69) is 15.3 Å². The quantitative estimate of drug-likeness (QED) is 0.719. The van der Waals surface area contributed by atoms with Crippen LogP contribution in [-0.4, -0.2) is 41.4 Å². The van der Waals surface area contributed by atoms with Crippen LogP contribution in [0.15, 0.2) is 48.7 Å². The van der Waals surface area contributed by atoms with Crippen LogP contribution in [0, 0.1) is 5.82 Å². The highest BCUT2D eigenvalue weighted by atomic mass is 32.1. The third kappa shape index (κ3) is 4.23. The second-order valence-electron chi connectivity index (χ2n) is 5.78. The Morgan fingerprint density at radius 3 is 2.69 bits per heavy atom. The van der Waals surface area contributed by atoms with Gasteiger partial charge in [-0.2, -0.15) is 0 Å². The number of benzene rings is 1. The molecular formula is C19H19FN4OS. The van der Waals surface area contributed by atoms with E-state index in [4.69, 9.17) is 0 Å². The second kappa shape index (κ2) is 8.05. The fourth-order valence-electron chi connectivity index (χ4n) is 2.44. The Bertz CT molecular complexity index is 895. The van der Waals surface area contributed by atoms with Crippen LogP contribution in [0.5, 0.6) is 0 Å². The maximum absolute atomic E-state index is 12.9. The average Bonchev–Trinajstić information content (AvgIpc) is 3.17. The zero-order valence-electron chi connectivity index (χ0n) is 14.6. The molecule has 0 spiro atoms. The highest BCUT2D eigenvalue weighted by molar-refractivity contribution is 7.17. The highest BCUT2D eigenvalue weighted by Gasteiger charge is 2.15. The lowest BCUT2D eigenvalue weighted by molar-refractivity contribution is 0.0801. The molecule has 0 aliphatic carbocycles. The summed E-state index contributed by atoms with van der Waals surface area (Å²) < 4.78 is 12.9. The minimum Gasteiger partial charge on any atom is -0.357 e. The Morgan fingerprint density at radius 2 is 1.96 bits per heavy atom. The van der Waals surface area contributed by atoms with Crippen molar-refractivity contribution in [2.24, 2.45) is 0 Å². The van der Waals surface area contributed by atoms with Crippen LogP contribution < -0.4 is 5.32 Å². The number of anilines is 1. The Balaban J connectivity index is 1.65. The van der Waals surface area contributed by atoms with Gasteiger partial charge in [0.15, 0.2) is 0 Å². The summed E-state index contributed by atoms with van der Waals surface area (Å²) in [6, 6.07) is 11.9. The Morgan fingerprint density at radius 1 is 1.19 bits per heavy atom. The fourth-order valence-corrected chi connectivity index (χ4v) is 3.41. The van der Waals surface area contributed by atoms with Gasteiger partial charge in [0.05, 0.1) is 15.4 Å². The number of rotatable bonds is 6. The molecular weight excluding hydrogens is 351 g/mol. The summed E-state index contributed by atoms with van der Waals surface area (Å²) in [7, 11) is 3.54. The van der Waals surface area contributed by atoms with Gasteiger partial charge in [0.1, 0.15) is 5.82 Å². The number of carbonyl (C=O) groups is 1. The van der Waals surface area contributed by atoms with Crippen molar-refractivity contribution in [1.29, 1.82) is 0 Å². The van der Waals surface area contributed by atoms with Crippen molar-refractivity contribution in [3.63, 3.8) is 0 Å². The zero-order chi connectivity index (χ0) is 18.5. The lowest BCUT2D eigenvalue weighted by Crippen LogP contribution is -2.28. The third-order valence-corrected chi connectivity index (χ3v) is 5.04. The number of halogens is 1. The van der Waals surface area contributed by atoms with Gasteiger partial charge in [-0.05, 0) is 42.3 Å². The number of aromatic nitrogens is 2. The number of hydrogen-bond donors (Lipinski definition) is 1. The number of likely N-dealkylation sites (N-methyl/N-ethyl adjacent to an activating group) is 1. The first-order chi connectivity index (χ1) is 12.6. The van der Waals surface area contributed by atoms with E-state index in [1.165, 1.54) is 23.5 Å². The number of thiophene rings is 1. The van der Waals surface area contributed by atoms with Crippen LogP contribution in [0.3, 0.4) is 0 Å². The van der Waals surface area contributed by atoms with E-state index in [-0.39, 0.29) is 11.7 Å². The summed E-state index contributed by atoms with van der Waals surface area (Å²) in [6.45, 7) is 0.565. The number of hydrogen-bond acceptors (Lipinski definition) is 5. The lowest BCUT2D eigenvalue weighted by atomic mass is 10.1. The summed E-state index contributed by atoms with van der Waals surface area (Å²) in [5.74, 6) is 0.252. The molecule has 2 heterocycles. The van der Waals surface area contributed by atoms with Crippen LogP contribution in [0.25, 0.3) is 10.6 Å². The summed E-state index contributed by atoms with van der Waals surface area (Å²) >= 11 is 1.41. The van der Waals surface area contributed by atoms with Gasteiger partial charge >= 0.3 is 0 Å². The third-order valence-electron chi connectivity index (χ3n) is 3.94. The molecule has 3 rings (SSSR count). The molecule has 0 radical (unpaired) electrons. The lowest BCUT2D eigenvalue weighted by Gasteiger charge is -2.16. The van der Waals surface area contributed by atoms with Crippen molar-refractivity contribution in [2.75, 3.05) is 26.0 Å². The van der Waals surface area contributed by atoms with Gasteiger partial charge in [0.2, 0.25) is 5.95 Å². The maximum atomic E-state index is 12.9. The van der Waals surface area contributed by atoms with E-state index in [1.807, 2.05) is 18.2 Å². The van der Waals surface area contributed by atoms with Gasteiger partial charge in [-0.3, -0.25) is 4.79 Å². The van der Waals surface area contributed by atoms with Crippen molar-refractivity contribution in [2.45, 2.75) is 6.42 Å². The van der Waals surface area contributed by atoms with Gasteiger partial charge in [0, 0.05) is 26.8 Å². The van der Waals surface area contributed by atoms with Crippen LogP contribution >= 0.6 is 11.3 Å². The molecule has 1 aromatic carbocycles. The molecule has 1 amide bonds. The van der Waals surface area contributed by atoms with Gasteiger partial charge in [0.25, 0.3) is 5.91 Å². The molecule has 134 valence electrons. The van der Waals surface area contributed by atoms with Crippen LogP contribution in [0.2, 0.25) is 0 Å². The molecule has 7 heteroatoms. The van der Waals surface area contributed by atoms with E-state index in [0.717, 1.165) is 16.1 Å². The van der Waals surface area contributed by atoms with Crippen LogP contribution in [-0.2, 0) is 6.42 Å². The van der Waals surface area contributed by atoms with Crippen molar-refractivity contribution in [1.82, 2.24) is 14.9 Å². The predicted octanol–water partition coefficient (Wildman–Crippen LogP) is 3.70. The maximum Gasteiger partial charge on any atom is 0.263 e. The summed E-state index contributed by atoms with van der Waals surface area (Å²) in [6.07, 6.45) is 2.36. The molecule has 0 aliphatic rings. The summed E-state index contributed by atoms with van der Waals surface area (Å²) in [5, 5.41) is 2.90. The molecule has 5 nitrogen and oxygen atoms in total. The van der Waals surface area contributed by atoms with Crippen molar-refractivity contribution < 1.29 is 9.18 Å². The van der Waals surface area contributed by atoms with Crippen molar-refractivity contribution in [3.05, 3.63) is 64.9 Å². The second-order valence-corrected chi connectivity index (χ2v) is 6.87. The molecule has 1 N–H and O–H groups in total. The first kappa shape index (κ1) is 18.0. The highest BCUT2D eigenvalue weighted by Crippen LogP contribution is 2.27. The standard InChI is InChI=1S/C19H19FN4OS/c1-21-19-22-11-9-15(23-19)16-7-8-17(26-16)18(25)24(2)12-10-13-3-5-14(20)6-4-13/h3-9,11H,10,12H2,1-2H3,(H,21,22,23). The van der Waals surface area contributed by atoms with E-state index >= 15 is 0 Å². The molecule has 0 fully saturated rings. The minimum atomic E-state index is -0.254. The van der Waals surface area contributed by atoms with Gasteiger partial charge in [-0.25, -0.2) is 14.4 Å². The Labute approximate surface area is 155 Å². The van der Waals surface area contributed by atoms with E-state index < -0.39 is 0 Å². The van der Waals surface area contributed by atoms with E-state index in [0.29, 0.717) is 23.8 Å². The van der Waals surface area contributed by atoms with Crippen LogP contribution in [0.4, 0.5) is 10.3 Å². The largest absolute Gasteiger partial charge is 0.357 e. The number of nitrogens with zero attached hydrogens (tertiary/aromatic N) is 3. The van der Waals surface area contributed by atoms with Crippen molar-refractivity contribution in [3.8, 4) is 10.6 Å². The molecule has 3 aromatic rings. The summed E-state index contributed by atoms with van der Waals surface area (Å²) in [4.78, 5) is 24.4. The smallest absolute Gasteiger partial charge is 0.263 e. The molecule has 2 aromatic heterocycles.